The number of furan rings is 1. The van der Waals surface area contributed by atoms with Crippen LogP contribution in [0.15, 0.2) is 138 Å². The minimum absolute atomic E-state index is 0.705. The first-order valence-corrected chi connectivity index (χ1v) is 14.8. The molecule has 196 valence electrons. The standard InChI is InChI=1S/C38H22N2OS/c1-2-11-24(12-3-1)35-37-36(29-15-6-7-19-33(29)42-37)40-38(39-35)30-17-9-18-31-34(30)28-21-20-25(22-32(28)41-31)27-16-8-13-23-10-4-5-14-26(23)27/h1-22H. The molecule has 0 radical (unpaired) electrons. The number of nitrogens with zero attached hydrogens (tertiary/aromatic N) is 2. The van der Waals surface area contributed by atoms with Gasteiger partial charge in [-0.05, 0) is 46.2 Å². The third kappa shape index (κ3) is 3.52. The SMILES string of the molecule is c1ccc(-c2nc(-c3cccc4oc5cc(-c6cccc7ccccc67)ccc5c34)nc3c2sc2ccccc23)cc1. The predicted molar refractivity (Wildman–Crippen MR) is 176 cm³/mol. The van der Waals surface area contributed by atoms with Gasteiger partial charge in [0.1, 0.15) is 11.2 Å². The molecule has 0 unspecified atom stereocenters. The summed E-state index contributed by atoms with van der Waals surface area (Å²) in [7, 11) is 0. The molecule has 0 aliphatic heterocycles. The van der Waals surface area contributed by atoms with Gasteiger partial charge in [0.05, 0.1) is 15.9 Å². The number of thiophene rings is 1. The van der Waals surface area contributed by atoms with E-state index in [1.807, 2.05) is 18.2 Å². The van der Waals surface area contributed by atoms with Gasteiger partial charge in [-0.1, -0.05) is 109 Å². The molecule has 3 aromatic heterocycles. The summed E-state index contributed by atoms with van der Waals surface area (Å²) in [5.74, 6) is 0.705. The summed E-state index contributed by atoms with van der Waals surface area (Å²) in [5.41, 5.74) is 8.02. The molecule has 0 amide bonds. The van der Waals surface area contributed by atoms with E-state index in [2.05, 4.69) is 115 Å². The summed E-state index contributed by atoms with van der Waals surface area (Å²) < 4.78 is 8.81. The third-order valence-corrected chi connectivity index (χ3v) is 9.27. The second kappa shape index (κ2) is 9.10. The lowest BCUT2D eigenvalue weighted by Gasteiger charge is -2.08. The van der Waals surface area contributed by atoms with Crippen molar-refractivity contribution in [1.82, 2.24) is 9.97 Å². The highest BCUT2D eigenvalue weighted by Gasteiger charge is 2.20. The Morgan fingerprint density at radius 3 is 2.21 bits per heavy atom. The topological polar surface area (TPSA) is 38.9 Å². The van der Waals surface area contributed by atoms with Gasteiger partial charge in [0.2, 0.25) is 0 Å². The lowest BCUT2D eigenvalue weighted by atomic mass is 9.97. The fourth-order valence-electron chi connectivity index (χ4n) is 6.16. The van der Waals surface area contributed by atoms with Crippen LogP contribution in [0.3, 0.4) is 0 Å². The largest absolute Gasteiger partial charge is 0.456 e. The van der Waals surface area contributed by atoms with Crippen LogP contribution in [0.25, 0.3) is 86.8 Å². The smallest absolute Gasteiger partial charge is 0.161 e. The van der Waals surface area contributed by atoms with Gasteiger partial charge in [0.25, 0.3) is 0 Å². The van der Waals surface area contributed by atoms with E-state index in [4.69, 9.17) is 14.4 Å². The van der Waals surface area contributed by atoms with Gasteiger partial charge in [-0.15, -0.1) is 11.3 Å². The van der Waals surface area contributed by atoms with Gasteiger partial charge < -0.3 is 4.42 Å². The first-order valence-electron chi connectivity index (χ1n) is 14.0. The molecule has 0 N–H and O–H groups in total. The van der Waals surface area contributed by atoms with Crippen molar-refractivity contribution < 1.29 is 4.42 Å². The summed E-state index contributed by atoms with van der Waals surface area (Å²) in [4.78, 5) is 10.4. The molecule has 42 heavy (non-hydrogen) atoms. The fraction of sp³-hybridized carbons (Fsp3) is 0. The normalized spacial score (nSPS) is 11.8. The molecule has 0 spiro atoms. The maximum absolute atomic E-state index is 6.49. The highest BCUT2D eigenvalue weighted by atomic mass is 32.1. The maximum atomic E-state index is 6.49. The van der Waals surface area contributed by atoms with Gasteiger partial charge in [-0.2, -0.15) is 0 Å². The summed E-state index contributed by atoms with van der Waals surface area (Å²) >= 11 is 1.75. The lowest BCUT2D eigenvalue weighted by Crippen LogP contribution is -1.94. The van der Waals surface area contributed by atoms with Crippen LogP contribution >= 0.6 is 11.3 Å². The van der Waals surface area contributed by atoms with Gasteiger partial charge in [0, 0.05) is 32.0 Å². The lowest BCUT2D eigenvalue weighted by molar-refractivity contribution is 0.669. The third-order valence-electron chi connectivity index (χ3n) is 8.11. The molecule has 0 aliphatic rings. The fourth-order valence-corrected chi connectivity index (χ4v) is 7.31. The second-order valence-electron chi connectivity index (χ2n) is 10.6. The molecular formula is C38H22N2OS. The Hall–Kier alpha value is -5.32. The van der Waals surface area contributed by atoms with Gasteiger partial charge in [-0.3, -0.25) is 0 Å². The van der Waals surface area contributed by atoms with E-state index in [9.17, 15) is 0 Å². The molecule has 3 heterocycles. The molecule has 0 saturated heterocycles. The molecule has 4 heteroatoms. The van der Waals surface area contributed by atoms with Crippen molar-refractivity contribution in [3.63, 3.8) is 0 Å². The van der Waals surface area contributed by atoms with E-state index in [1.165, 1.54) is 21.0 Å². The molecule has 0 atom stereocenters. The average molecular weight is 555 g/mol. The second-order valence-corrected chi connectivity index (χ2v) is 11.6. The van der Waals surface area contributed by atoms with E-state index >= 15 is 0 Å². The van der Waals surface area contributed by atoms with Crippen molar-refractivity contribution in [2.24, 2.45) is 0 Å². The molecule has 3 nitrogen and oxygen atoms in total. The summed E-state index contributed by atoms with van der Waals surface area (Å²) in [6.07, 6.45) is 0. The predicted octanol–water partition coefficient (Wildman–Crippen LogP) is 10.9. The van der Waals surface area contributed by atoms with E-state index in [0.717, 1.165) is 59.9 Å². The number of hydrogen-bond donors (Lipinski definition) is 0. The van der Waals surface area contributed by atoms with E-state index < -0.39 is 0 Å². The van der Waals surface area contributed by atoms with Gasteiger partial charge >= 0.3 is 0 Å². The Balaban J connectivity index is 1.30. The van der Waals surface area contributed by atoms with Crippen LogP contribution in [0.5, 0.6) is 0 Å². The van der Waals surface area contributed by atoms with Gasteiger partial charge in [0.15, 0.2) is 5.82 Å². The van der Waals surface area contributed by atoms with Crippen LogP contribution < -0.4 is 0 Å². The van der Waals surface area contributed by atoms with Crippen LogP contribution in [0.1, 0.15) is 0 Å². The Morgan fingerprint density at radius 2 is 1.29 bits per heavy atom. The molecule has 0 aliphatic carbocycles. The minimum Gasteiger partial charge on any atom is -0.456 e. The summed E-state index contributed by atoms with van der Waals surface area (Å²) in [5, 5.41) is 5.71. The number of benzene rings is 6. The van der Waals surface area contributed by atoms with Crippen LogP contribution in [-0.4, -0.2) is 9.97 Å². The van der Waals surface area contributed by atoms with Crippen LogP contribution in [0.4, 0.5) is 0 Å². The summed E-state index contributed by atoms with van der Waals surface area (Å²) in [6.45, 7) is 0. The van der Waals surface area contributed by atoms with Crippen LogP contribution in [0.2, 0.25) is 0 Å². The zero-order valence-corrected chi connectivity index (χ0v) is 23.2. The van der Waals surface area contributed by atoms with Crippen molar-refractivity contribution >= 4 is 64.4 Å². The maximum Gasteiger partial charge on any atom is 0.161 e. The monoisotopic (exact) mass is 554 g/mol. The van der Waals surface area contributed by atoms with Crippen LogP contribution in [-0.2, 0) is 0 Å². The van der Waals surface area contributed by atoms with Crippen LogP contribution in [0, 0.1) is 0 Å². The number of fused-ring (bicyclic) bond motifs is 7. The Labute approximate surface area is 245 Å². The van der Waals surface area contributed by atoms with Crippen molar-refractivity contribution in [2.75, 3.05) is 0 Å². The van der Waals surface area contributed by atoms with Crippen molar-refractivity contribution in [3.8, 4) is 33.8 Å². The number of rotatable bonds is 3. The first kappa shape index (κ1) is 23.4. The van der Waals surface area contributed by atoms with Gasteiger partial charge in [-0.25, -0.2) is 9.97 Å². The first-order chi connectivity index (χ1) is 20.8. The van der Waals surface area contributed by atoms with Crippen molar-refractivity contribution in [3.05, 3.63) is 133 Å². The average Bonchev–Trinajstić information content (AvgIpc) is 3.62. The van der Waals surface area contributed by atoms with E-state index in [1.54, 1.807) is 11.3 Å². The molecule has 6 aromatic carbocycles. The van der Waals surface area contributed by atoms with E-state index in [-0.39, 0.29) is 0 Å². The number of hydrogen-bond acceptors (Lipinski definition) is 4. The molecule has 9 rings (SSSR count). The van der Waals surface area contributed by atoms with E-state index in [0.29, 0.717) is 5.82 Å². The molecule has 0 bridgehead atoms. The van der Waals surface area contributed by atoms with Crippen molar-refractivity contribution in [2.45, 2.75) is 0 Å². The number of aromatic nitrogens is 2. The molecular weight excluding hydrogens is 532 g/mol. The molecule has 9 aromatic rings. The Bertz CT molecular complexity index is 2470. The summed E-state index contributed by atoms with van der Waals surface area (Å²) in [6, 6.07) is 46.6. The quantitative estimate of drug-likeness (QED) is 0.218. The zero-order chi connectivity index (χ0) is 27.6. The Kier molecular flexibility index (Phi) is 5.07. The van der Waals surface area contributed by atoms with Crippen molar-refractivity contribution in [1.29, 1.82) is 0 Å². The highest BCUT2D eigenvalue weighted by molar-refractivity contribution is 7.26. The molecule has 0 saturated carbocycles. The zero-order valence-electron chi connectivity index (χ0n) is 22.4. The molecule has 0 fully saturated rings. The Morgan fingerprint density at radius 1 is 0.524 bits per heavy atom. The minimum atomic E-state index is 0.705. The highest BCUT2D eigenvalue weighted by Crippen LogP contribution is 2.42.